The summed E-state index contributed by atoms with van der Waals surface area (Å²) in [6.45, 7) is 3.91. The smallest absolute Gasteiger partial charge is 0.257 e. The van der Waals surface area contributed by atoms with Crippen LogP contribution in [0.25, 0.3) is 0 Å². The van der Waals surface area contributed by atoms with E-state index in [4.69, 9.17) is 4.52 Å². The van der Waals surface area contributed by atoms with Crippen molar-refractivity contribution in [3.05, 3.63) is 33.7 Å². The molecule has 2 aromatic heterocycles. The number of amides is 1. The van der Waals surface area contributed by atoms with Crippen LogP contribution in [0.15, 0.2) is 22.0 Å². The molecule has 0 aliphatic carbocycles. The molecule has 2 aromatic rings. The fraction of sp³-hybridized carbons (Fsp3) is 0.333. The molecule has 0 fully saturated rings. The predicted molar refractivity (Wildman–Crippen MR) is 67.5 cm³/mol. The summed E-state index contributed by atoms with van der Waals surface area (Å²) < 4.78 is 4.88. The Morgan fingerprint density at radius 2 is 2.35 bits per heavy atom. The molecule has 0 bridgehead atoms. The number of nitrogens with zero attached hydrogens (tertiary/aromatic N) is 1. The van der Waals surface area contributed by atoms with Crippen LogP contribution in [0.4, 0.5) is 5.82 Å². The van der Waals surface area contributed by atoms with Crippen molar-refractivity contribution in [2.24, 2.45) is 0 Å². The Hall–Kier alpha value is -1.62. The van der Waals surface area contributed by atoms with E-state index in [9.17, 15) is 4.79 Å². The van der Waals surface area contributed by atoms with Crippen molar-refractivity contribution in [3.8, 4) is 0 Å². The van der Waals surface area contributed by atoms with Gasteiger partial charge in [0.25, 0.3) is 5.91 Å². The maximum Gasteiger partial charge on any atom is 0.257 e. The summed E-state index contributed by atoms with van der Waals surface area (Å²) in [7, 11) is 0. The number of carbonyl (C=O) groups is 1. The second kappa shape index (κ2) is 5.14. The van der Waals surface area contributed by atoms with Crippen LogP contribution in [-0.2, 0) is 6.42 Å². The molecule has 5 heteroatoms. The second-order valence-electron chi connectivity index (χ2n) is 3.83. The number of anilines is 1. The molecular formula is C12H14N2O2S. The van der Waals surface area contributed by atoms with Gasteiger partial charge in [-0.05, 0) is 19.4 Å². The predicted octanol–water partition coefficient (Wildman–Crippen LogP) is 3.25. The number of carbonyl (C=O) groups excluding carboxylic acids is 1. The quantitative estimate of drug-likeness (QED) is 0.906. The van der Waals surface area contributed by atoms with Crippen molar-refractivity contribution < 1.29 is 9.32 Å². The van der Waals surface area contributed by atoms with Gasteiger partial charge in [0, 0.05) is 16.3 Å². The Labute approximate surface area is 104 Å². The Balaban J connectivity index is 2.03. The molecule has 0 unspecified atom stereocenters. The summed E-state index contributed by atoms with van der Waals surface area (Å²) in [5, 5.41) is 8.29. The third-order valence-corrected chi connectivity index (χ3v) is 3.28. The minimum absolute atomic E-state index is 0.142. The highest BCUT2D eigenvalue weighted by molar-refractivity contribution is 7.10. The van der Waals surface area contributed by atoms with Crippen LogP contribution in [0.3, 0.4) is 0 Å². The molecule has 17 heavy (non-hydrogen) atoms. The molecule has 2 heterocycles. The van der Waals surface area contributed by atoms with E-state index < -0.39 is 0 Å². The first-order valence-electron chi connectivity index (χ1n) is 5.51. The topological polar surface area (TPSA) is 55.1 Å². The number of aromatic nitrogens is 1. The zero-order valence-corrected chi connectivity index (χ0v) is 10.6. The molecule has 0 aliphatic rings. The number of rotatable bonds is 4. The van der Waals surface area contributed by atoms with Crippen LogP contribution in [0.2, 0.25) is 0 Å². The average Bonchev–Trinajstić information content (AvgIpc) is 2.88. The molecule has 0 saturated heterocycles. The van der Waals surface area contributed by atoms with E-state index in [-0.39, 0.29) is 5.91 Å². The van der Waals surface area contributed by atoms with Gasteiger partial charge in [0.1, 0.15) is 5.76 Å². The Morgan fingerprint density at radius 3 is 3.00 bits per heavy atom. The fourth-order valence-corrected chi connectivity index (χ4v) is 2.46. The molecular weight excluding hydrogens is 236 g/mol. The zero-order chi connectivity index (χ0) is 12.3. The highest BCUT2D eigenvalue weighted by Crippen LogP contribution is 2.18. The summed E-state index contributed by atoms with van der Waals surface area (Å²) in [5.41, 5.74) is 0.680. The number of hydrogen-bond donors (Lipinski definition) is 1. The minimum atomic E-state index is -0.142. The number of aryl methyl sites for hydroxylation is 2. The van der Waals surface area contributed by atoms with E-state index in [0.29, 0.717) is 17.1 Å². The average molecular weight is 250 g/mol. The van der Waals surface area contributed by atoms with Gasteiger partial charge in [-0.1, -0.05) is 18.5 Å². The van der Waals surface area contributed by atoms with E-state index in [1.54, 1.807) is 24.3 Å². The van der Waals surface area contributed by atoms with Gasteiger partial charge in [0.05, 0.1) is 5.56 Å². The minimum Gasteiger partial charge on any atom is -0.360 e. The van der Waals surface area contributed by atoms with Gasteiger partial charge < -0.3 is 9.84 Å². The molecule has 0 atom stereocenters. The summed E-state index contributed by atoms with van der Waals surface area (Å²) in [6, 6.07) is 3.62. The number of thiophene rings is 1. The van der Waals surface area contributed by atoms with Crippen LogP contribution in [0.1, 0.15) is 34.3 Å². The molecule has 4 nitrogen and oxygen atoms in total. The van der Waals surface area contributed by atoms with Gasteiger partial charge >= 0.3 is 0 Å². The van der Waals surface area contributed by atoms with Crippen LogP contribution < -0.4 is 5.32 Å². The van der Waals surface area contributed by atoms with Crippen molar-refractivity contribution in [2.45, 2.75) is 26.7 Å². The second-order valence-corrected chi connectivity index (χ2v) is 4.82. The summed E-state index contributed by atoms with van der Waals surface area (Å²) in [6.07, 6.45) is 2.10. The Bertz CT molecular complexity index is 516. The van der Waals surface area contributed by atoms with Crippen LogP contribution in [0, 0.1) is 6.92 Å². The van der Waals surface area contributed by atoms with Crippen LogP contribution >= 0.6 is 11.3 Å². The van der Waals surface area contributed by atoms with E-state index in [1.807, 2.05) is 11.4 Å². The van der Waals surface area contributed by atoms with Gasteiger partial charge in [0.15, 0.2) is 5.82 Å². The van der Waals surface area contributed by atoms with Crippen molar-refractivity contribution in [1.29, 1.82) is 0 Å². The van der Waals surface area contributed by atoms with E-state index in [0.717, 1.165) is 12.8 Å². The largest absolute Gasteiger partial charge is 0.360 e. The number of hydrogen-bond acceptors (Lipinski definition) is 4. The Kier molecular flexibility index (Phi) is 3.58. The molecule has 2 rings (SSSR count). The van der Waals surface area contributed by atoms with E-state index in [2.05, 4.69) is 17.4 Å². The normalized spacial score (nSPS) is 10.5. The van der Waals surface area contributed by atoms with Crippen molar-refractivity contribution in [1.82, 2.24) is 5.16 Å². The molecule has 0 aromatic carbocycles. The van der Waals surface area contributed by atoms with Crippen molar-refractivity contribution in [3.63, 3.8) is 0 Å². The SMILES string of the molecule is CCCc1cc(C(=O)Nc2cc(C)on2)cs1. The molecule has 0 spiro atoms. The van der Waals surface area contributed by atoms with Crippen molar-refractivity contribution >= 4 is 23.1 Å². The summed E-state index contributed by atoms with van der Waals surface area (Å²) in [5.74, 6) is 0.991. The lowest BCUT2D eigenvalue weighted by Gasteiger charge is -1.97. The summed E-state index contributed by atoms with van der Waals surface area (Å²) in [4.78, 5) is 13.1. The first kappa shape index (κ1) is 11.9. The number of nitrogens with one attached hydrogen (secondary N) is 1. The maximum atomic E-state index is 11.9. The van der Waals surface area contributed by atoms with E-state index >= 15 is 0 Å². The lowest BCUT2D eigenvalue weighted by atomic mass is 10.2. The van der Waals surface area contributed by atoms with Gasteiger partial charge in [-0.3, -0.25) is 4.79 Å². The molecule has 0 radical (unpaired) electrons. The van der Waals surface area contributed by atoms with Crippen LogP contribution in [-0.4, -0.2) is 11.1 Å². The molecule has 1 amide bonds. The third-order valence-electron chi connectivity index (χ3n) is 2.28. The van der Waals surface area contributed by atoms with Crippen LogP contribution in [0.5, 0.6) is 0 Å². The summed E-state index contributed by atoms with van der Waals surface area (Å²) >= 11 is 1.61. The highest BCUT2D eigenvalue weighted by Gasteiger charge is 2.10. The standard InChI is InChI=1S/C12H14N2O2S/c1-3-4-10-6-9(7-17-10)12(15)13-11-5-8(2)16-14-11/h5-7H,3-4H2,1-2H3,(H,13,14,15). The Morgan fingerprint density at radius 1 is 1.53 bits per heavy atom. The van der Waals surface area contributed by atoms with Gasteiger partial charge in [-0.2, -0.15) is 0 Å². The monoisotopic (exact) mass is 250 g/mol. The molecule has 0 saturated carbocycles. The highest BCUT2D eigenvalue weighted by atomic mass is 32.1. The lowest BCUT2D eigenvalue weighted by Crippen LogP contribution is -2.10. The van der Waals surface area contributed by atoms with Gasteiger partial charge in [-0.15, -0.1) is 11.3 Å². The lowest BCUT2D eigenvalue weighted by molar-refractivity contribution is 0.102. The van der Waals surface area contributed by atoms with Gasteiger partial charge in [-0.25, -0.2) is 0 Å². The molecule has 1 N–H and O–H groups in total. The third kappa shape index (κ3) is 2.94. The maximum absolute atomic E-state index is 11.9. The van der Waals surface area contributed by atoms with Gasteiger partial charge in [0.2, 0.25) is 0 Å². The molecule has 0 aliphatic heterocycles. The van der Waals surface area contributed by atoms with Crippen molar-refractivity contribution in [2.75, 3.05) is 5.32 Å². The van der Waals surface area contributed by atoms with E-state index in [1.165, 1.54) is 4.88 Å². The zero-order valence-electron chi connectivity index (χ0n) is 9.82. The first-order chi connectivity index (χ1) is 8.19. The first-order valence-corrected chi connectivity index (χ1v) is 6.39. The fourth-order valence-electron chi connectivity index (χ4n) is 1.49. The molecule has 90 valence electrons.